The van der Waals surface area contributed by atoms with Crippen LogP contribution in [0.1, 0.15) is 16.7 Å². The number of hydrogen-bond donors (Lipinski definition) is 3. The molecule has 4 N–H and O–H groups in total. The highest BCUT2D eigenvalue weighted by Gasteiger charge is 2.33. The molecule has 1 amide bonds. The van der Waals surface area contributed by atoms with Gasteiger partial charge in [0.2, 0.25) is 6.17 Å². The van der Waals surface area contributed by atoms with Crippen LogP contribution in [0, 0.1) is 0 Å². The lowest BCUT2D eigenvalue weighted by Crippen LogP contribution is -2.47. The Bertz CT molecular complexity index is 1450. The van der Waals surface area contributed by atoms with Crippen molar-refractivity contribution >= 4 is 80.8 Å². The Morgan fingerprint density at radius 1 is 1.05 bits per heavy atom. The van der Waals surface area contributed by atoms with Crippen LogP contribution in [0.15, 0.2) is 59.6 Å². The highest BCUT2D eigenvalue weighted by Crippen LogP contribution is 2.37. The fraction of sp³-hybridized carbons (Fsp3) is 0.125. The van der Waals surface area contributed by atoms with E-state index in [9.17, 15) is 18.0 Å². The van der Waals surface area contributed by atoms with E-state index in [0.29, 0.717) is 38.6 Å². The number of halogens is 6. The minimum Gasteiger partial charge on any atom is -0.396 e. The van der Waals surface area contributed by atoms with E-state index < -0.39 is 23.8 Å². The number of hydrogen-bond acceptors (Lipinski definition) is 4. The summed E-state index contributed by atoms with van der Waals surface area (Å²) < 4.78 is 39.8. The number of thiocarbonyl (C=S) groups is 1. The van der Waals surface area contributed by atoms with Crippen LogP contribution in [0.4, 0.5) is 30.2 Å². The van der Waals surface area contributed by atoms with Crippen LogP contribution in [0.3, 0.4) is 0 Å². The Balaban J connectivity index is 1.73. The molecular formula is C24H17Cl3F3N5OS. The number of carbonyl (C=O) groups is 1. The Labute approximate surface area is 230 Å². The van der Waals surface area contributed by atoms with Crippen molar-refractivity contribution in [1.82, 2.24) is 5.32 Å². The number of nitrogens with one attached hydrogen (secondary N) is 2. The van der Waals surface area contributed by atoms with Crippen LogP contribution in [0.25, 0.3) is 0 Å². The molecule has 37 heavy (non-hydrogen) atoms. The standard InChI is InChI=1S/C24H17Cl3F3N5OS/c1-35-18-7-6-12(25)10-14(18)20(13-4-2-3-5-15(13)26)33-21(22(35)36)34-23(37)32-17-9-11(24(28,29)30)8-16(27)19(17)31/h2-10,21H,31H2,1H3,(H2,32,34,37). The van der Waals surface area contributed by atoms with Crippen LogP contribution >= 0.6 is 47.0 Å². The first kappa shape index (κ1) is 27.0. The van der Waals surface area contributed by atoms with E-state index in [1.807, 2.05) is 0 Å². The number of rotatable bonds is 3. The lowest BCUT2D eigenvalue weighted by Gasteiger charge is -2.22. The second-order valence-corrected chi connectivity index (χ2v) is 9.59. The molecule has 0 aliphatic carbocycles. The van der Waals surface area contributed by atoms with Crippen LogP contribution in [-0.2, 0) is 11.0 Å². The molecule has 3 aromatic carbocycles. The first-order valence-electron chi connectivity index (χ1n) is 10.5. The molecule has 1 atom stereocenters. The average Bonchev–Trinajstić information content (AvgIpc) is 2.92. The number of carbonyl (C=O) groups excluding carboxylic acids is 1. The van der Waals surface area contributed by atoms with Gasteiger partial charge in [-0.1, -0.05) is 53.0 Å². The van der Waals surface area contributed by atoms with Crippen molar-refractivity contribution in [3.8, 4) is 0 Å². The van der Waals surface area contributed by atoms with E-state index in [4.69, 9.17) is 52.8 Å². The molecule has 0 saturated heterocycles. The number of nitrogens with zero attached hydrogens (tertiary/aromatic N) is 2. The molecule has 1 aliphatic rings. The van der Waals surface area contributed by atoms with Gasteiger partial charge in [0.15, 0.2) is 5.11 Å². The average molecular weight is 587 g/mol. The van der Waals surface area contributed by atoms with Crippen molar-refractivity contribution in [2.24, 2.45) is 4.99 Å². The molecule has 0 saturated carbocycles. The van der Waals surface area contributed by atoms with E-state index in [0.717, 1.165) is 6.07 Å². The van der Waals surface area contributed by atoms with Crippen LogP contribution in [-0.4, -0.2) is 29.9 Å². The number of likely N-dealkylation sites (N-methyl/N-ethyl adjacent to an activating group) is 1. The second-order valence-electron chi connectivity index (χ2n) is 7.93. The maximum absolute atomic E-state index is 13.4. The van der Waals surface area contributed by atoms with E-state index in [1.165, 1.54) is 4.90 Å². The van der Waals surface area contributed by atoms with Gasteiger partial charge in [-0.3, -0.25) is 4.79 Å². The summed E-state index contributed by atoms with van der Waals surface area (Å²) in [5.74, 6) is -0.496. The summed E-state index contributed by atoms with van der Waals surface area (Å²) in [6, 6.07) is 13.4. The molecule has 1 unspecified atom stereocenters. The van der Waals surface area contributed by atoms with Crippen LogP contribution in [0.2, 0.25) is 15.1 Å². The monoisotopic (exact) mass is 585 g/mol. The number of benzene rings is 3. The summed E-state index contributed by atoms with van der Waals surface area (Å²) in [7, 11) is 1.55. The van der Waals surface area contributed by atoms with Gasteiger partial charge in [-0.25, -0.2) is 4.99 Å². The Morgan fingerprint density at radius 3 is 2.43 bits per heavy atom. The van der Waals surface area contributed by atoms with E-state index >= 15 is 0 Å². The van der Waals surface area contributed by atoms with Gasteiger partial charge in [0.1, 0.15) is 0 Å². The Morgan fingerprint density at radius 2 is 1.76 bits per heavy atom. The Hall–Kier alpha value is -3.05. The lowest BCUT2D eigenvalue weighted by atomic mass is 10.00. The number of nitrogen functional groups attached to an aromatic ring is 1. The summed E-state index contributed by atoms with van der Waals surface area (Å²) in [6.07, 6.45) is -5.94. The van der Waals surface area contributed by atoms with E-state index in [2.05, 4.69) is 15.6 Å². The molecule has 0 spiro atoms. The quantitative estimate of drug-likeness (QED) is 0.245. The maximum Gasteiger partial charge on any atom is 0.416 e. The molecule has 0 bridgehead atoms. The third-order valence-electron chi connectivity index (χ3n) is 5.50. The van der Waals surface area contributed by atoms with Gasteiger partial charge in [0.05, 0.1) is 33.4 Å². The number of amides is 1. The summed E-state index contributed by atoms with van der Waals surface area (Å²) >= 11 is 23.9. The van der Waals surface area contributed by atoms with Crippen molar-refractivity contribution in [3.05, 3.63) is 86.4 Å². The number of benzodiazepines with no additional fused rings is 1. The normalized spacial score (nSPS) is 15.5. The fourth-order valence-corrected chi connectivity index (χ4v) is 4.51. The molecule has 1 aliphatic heterocycles. The fourth-order valence-electron chi connectivity index (χ4n) is 3.68. The van der Waals surface area contributed by atoms with Crippen LogP contribution in [0.5, 0.6) is 0 Å². The van der Waals surface area contributed by atoms with Gasteiger partial charge in [0.25, 0.3) is 5.91 Å². The summed E-state index contributed by atoms with van der Waals surface area (Å²) in [4.78, 5) is 19.3. The molecule has 1 heterocycles. The third kappa shape index (κ3) is 5.62. The maximum atomic E-state index is 13.4. The first-order chi connectivity index (χ1) is 17.4. The van der Waals surface area contributed by atoms with Gasteiger partial charge >= 0.3 is 6.18 Å². The minimum atomic E-state index is -4.66. The molecular weight excluding hydrogens is 570 g/mol. The first-order valence-corrected chi connectivity index (χ1v) is 12.0. The van der Waals surface area contributed by atoms with E-state index in [-0.39, 0.29) is 21.5 Å². The number of nitrogens with two attached hydrogens (primary N) is 1. The van der Waals surface area contributed by atoms with E-state index in [1.54, 1.807) is 49.5 Å². The molecule has 0 radical (unpaired) electrons. The highest BCUT2D eigenvalue weighted by molar-refractivity contribution is 7.80. The molecule has 6 nitrogen and oxygen atoms in total. The second kappa shape index (κ2) is 10.4. The van der Waals surface area contributed by atoms with Crippen molar-refractivity contribution in [1.29, 1.82) is 0 Å². The lowest BCUT2D eigenvalue weighted by molar-refractivity contribution is -0.137. The number of anilines is 3. The zero-order chi connectivity index (χ0) is 27.1. The number of aliphatic imine (C=N–C) groups is 1. The molecule has 4 rings (SSSR count). The minimum absolute atomic E-state index is 0.148. The molecule has 0 aromatic heterocycles. The van der Waals surface area contributed by atoms with Crippen molar-refractivity contribution in [2.75, 3.05) is 23.0 Å². The number of alkyl halides is 3. The van der Waals surface area contributed by atoms with Crippen LogP contribution < -0.4 is 21.3 Å². The molecule has 0 fully saturated rings. The van der Waals surface area contributed by atoms with Gasteiger partial charge < -0.3 is 21.3 Å². The van der Waals surface area contributed by atoms with Gasteiger partial charge in [0, 0.05) is 28.2 Å². The summed E-state index contributed by atoms with van der Waals surface area (Å²) in [6.45, 7) is 0. The topological polar surface area (TPSA) is 82.8 Å². The van der Waals surface area contributed by atoms with Crippen molar-refractivity contribution in [2.45, 2.75) is 12.3 Å². The Kier molecular flexibility index (Phi) is 7.57. The highest BCUT2D eigenvalue weighted by atomic mass is 35.5. The predicted molar refractivity (Wildman–Crippen MR) is 146 cm³/mol. The summed E-state index contributed by atoms with van der Waals surface area (Å²) in [5, 5.41) is 5.62. The number of fused-ring (bicyclic) bond motifs is 1. The zero-order valence-corrected chi connectivity index (χ0v) is 21.9. The van der Waals surface area contributed by atoms with Crippen molar-refractivity contribution in [3.63, 3.8) is 0 Å². The van der Waals surface area contributed by atoms with Crippen molar-refractivity contribution < 1.29 is 18.0 Å². The van der Waals surface area contributed by atoms with Gasteiger partial charge in [-0.15, -0.1) is 0 Å². The smallest absolute Gasteiger partial charge is 0.396 e. The largest absolute Gasteiger partial charge is 0.416 e. The molecule has 13 heteroatoms. The SMILES string of the molecule is CN1C(=O)C(NC(=S)Nc2cc(C(F)(F)F)cc(Cl)c2N)N=C(c2ccccc2Cl)c2cc(Cl)ccc21. The van der Waals surface area contributed by atoms with Gasteiger partial charge in [-0.05, 0) is 48.6 Å². The predicted octanol–water partition coefficient (Wildman–Crippen LogP) is 6.37. The molecule has 3 aromatic rings. The zero-order valence-electron chi connectivity index (χ0n) is 18.8. The van der Waals surface area contributed by atoms with Gasteiger partial charge in [-0.2, -0.15) is 13.2 Å². The summed E-state index contributed by atoms with van der Waals surface area (Å²) in [5.41, 5.74) is 6.48. The molecule has 192 valence electrons. The third-order valence-corrected chi connectivity index (χ3v) is 6.60.